The molecule has 0 aliphatic carbocycles. The normalized spacial score (nSPS) is 11.7. The average Bonchev–Trinajstić information content (AvgIpc) is 3.12. The van der Waals surface area contributed by atoms with Gasteiger partial charge in [0.2, 0.25) is 0 Å². The van der Waals surface area contributed by atoms with E-state index in [9.17, 15) is 4.79 Å². The summed E-state index contributed by atoms with van der Waals surface area (Å²) in [6.07, 6.45) is 1.67. The molecule has 0 saturated carbocycles. The van der Waals surface area contributed by atoms with E-state index in [1.54, 1.807) is 6.20 Å². The zero-order valence-electron chi connectivity index (χ0n) is 14.1. The average molecular weight is 368 g/mol. The third-order valence-electron chi connectivity index (χ3n) is 3.55. The molecule has 0 aliphatic heterocycles. The van der Waals surface area contributed by atoms with Crippen molar-refractivity contribution in [1.29, 1.82) is 0 Å². The Balaban J connectivity index is 1.46. The van der Waals surface area contributed by atoms with Crippen LogP contribution in [0.15, 0.2) is 66.9 Å². The molecule has 6 nitrogen and oxygen atoms in total. The van der Waals surface area contributed by atoms with Crippen molar-refractivity contribution in [1.82, 2.24) is 4.98 Å². The maximum absolute atomic E-state index is 12.0. The first-order valence-electron chi connectivity index (χ1n) is 8.17. The number of nitrogens with zero attached hydrogens (tertiary/aromatic N) is 1. The molecule has 3 rings (SSSR count). The van der Waals surface area contributed by atoms with Crippen LogP contribution in [0.3, 0.4) is 0 Å². The topological polar surface area (TPSA) is 89.3 Å². The maximum Gasteiger partial charge on any atom is 0.325 e. The predicted octanol–water partition coefficient (Wildman–Crippen LogP) is 4.00. The molecule has 0 saturated heterocycles. The number of carbonyl (C=O) groups is 1. The number of anilines is 2. The number of aromatic nitrogens is 1. The molecule has 2 aromatic carbocycles. The van der Waals surface area contributed by atoms with Crippen LogP contribution in [0.1, 0.15) is 16.5 Å². The van der Waals surface area contributed by atoms with Crippen LogP contribution in [0.2, 0.25) is 0 Å². The molecular formula is C19H20N4O2S. The van der Waals surface area contributed by atoms with Gasteiger partial charge in [0.05, 0.1) is 19.3 Å². The van der Waals surface area contributed by atoms with E-state index >= 15 is 0 Å². The van der Waals surface area contributed by atoms with Crippen LogP contribution >= 0.6 is 11.3 Å². The molecule has 4 N–H and O–H groups in total. The summed E-state index contributed by atoms with van der Waals surface area (Å²) in [5.41, 5.74) is 7.96. The second kappa shape index (κ2) is 9.10. The number of nitrogens with one attached hydrogen (secondary N) is 2. The summed E-state index contributed by atoms with van der Waals surface area (Å²) in [4.78, 5) is 17.0. The number of nitrogens with two attached hydrogens (primary N) is 1. The van der Waals surface area contributed by atoms with Crippen molar-refractivity contribution in [3.8, 4) is 0 Å². The number of carbonyl (C=O) groups excluding carboxylic acids is 1. The Kier molecular flexibility index (Phi) is 6.32. The summed E-state index contributed by atoms with van der Waals surface area (Å²) in [5.74, 6) is 0. The van der Waals surface area contributed by atoms with Crippen LogP contribution in [0.5, 0.6) is 0 Å². The number of para-hydroxylation sites is 1. The summed E-state index contributed by atoms with van der Waals surface area (Å²) in [7, 11) is 0. The highest BCUT2D eigenvalue weighted by Crippen LogP contribution is 2.23. The third-order valence-corrected chi connectivity index (χ3v) is 4.59. The fourth-order valence-electron chi connectivity index (χ4n) is 2.26. The van der Waals surface area contributed by atoms with E-state index in [1.807, 2.05) is 60.7 Å². The Labute approximate surface area is 156 Å². The molecule has 134 valence electrons. The summed E-state index contributed by atoms with van der Waals surface area (Å²) >= 11 is 1.34. The van der Waals surface area contributed by atoms with E-state index in [1.165, 1.54) is 11.3 Å². The van der Waals surface area contributed by atoms with E-state index in [0.717, 1.165) is 10.4 Å². The van der Waals surface area contributed by atoms with E-state index in [2.05, 4.69) is 15.6 Å². The molecule has 1 aromatic heterocycles. The quantitative estimate of drug-likeness (QED) is 0.588. The van der Waals surface area contributed by atoms with Crippen molar-refractivity contribution in [3.05, 3.63) is 77.3 Å². The highest BCUT2D eigenvalue weighted by Gasteiger charge is 2.12. The lowest BCUT2D eigenvalue weighted by Gasteiger charge is -2.10. The maximum atomic E-state index is 12.0. The monoisotopic (exact) mass is 368 g/mol. The summed E-state index contributed by atoms with van der Waals surface area (Å²) in [6.45, 7) is 0.894. The smallest absolute Gasteiger partial charge is 0.325 e. The number of rotatable bonds is 7. The van der Waals surface area contributed by atoms with Crippen LogP contribution in [0.4, 0.5) is 15.6 Å². The SMILES string of the molecule is NC(COCc1ccccc1)c1cnc(NC(=O)Nc2ccccc2)s1. The van der Waals surface area contributed by atoms with Crippen molar-refractivity contribution in [2.24, 2.45) is 5.73 Å². The van der Waals surface area contributed by atoms with Gasteiger partial charge in [0.15, 0.2) is 5.13 Å². The minimum atomic E-state index is -0.342. The highest BCUT2D eigenvalue weighted by atomic mass is 32.1. The number of thiazole rings is 1. The predicted molar refractivity (Wildman–Crippen MR) is 104 cm³/mol. The molecule has 2 amide bonds. The fraction of sp³-hybridized carbons (Fsp3) is 0.158. The third kappa shape index (κ3) is 5.38. The second-order valence-electron chi connectivity index (χ2n) is 5.62. The van der Waals surface area contributed by atoms with Crippen molar-refractivity contribution < 1.29 is 9.53 Å². The molecule has 0 fully saturated rings. The highest BCUT2D eigenvalue weighted by molar-refractivity contribution is 7.15. The van der Waals surface area contributed by atoms with Crippen molar-refractivity contribution >= 4 is 28.2 Å². The Bertz CT molecular complexity index is 824. The number of benzene rings is 2. The zero-order valence-corrected chi connectivity index (χ0v) is 14.9. The van der Waals surface area contributed by atoms with Gasteiger partial charge in [-0.15, -0.1) is 0 Å². The molecule has 0 spiro atoms. The van der Waals surface area contributed by atoms with E-state index in [4.69, 9.17) is 10.5 Å². The lowest BCUT2D eigenvalue weighted by molar-refractivity contribution is 0.108. The van der Waals surface area contributed by atoms with Gasteiger partial charge in [-0.05, 0) is 17.7 Å². The van der Waals surface area contributed by atoms with Crippen molar-refractivity contribution in [2.75, 3.05) is 17.2 Å². The molecule has 0 aliphatic rings. The lowest BCUT2D eigenvalue weighted by Crippen LogP contribution is -2.19. The molecule has 26 heavy (non-hydrogen) atoms. The first-order valence-corrected chi connectivity index (χ1v) is 8.98. The Morgan fingerprint density at radius 1 is 1.08 bits per heavy atom. The molecule has 0 radical (unpaired) electrons. The van der Waals surface area contributed by atoms with Crippen LogP contribution in [0.25, 0.3) is 0 Å². The lowest BCUT2D eigenvalue weighted by atomic mass is 10.2. The van der Waals surface area contributed by atoms with Gasteiger partial charge in [0, 0.05) is 16.8 Å². The van der Waals surface area contributed by atoms with Gasteiger partial charge < -0.3 is 15.8 Å². The molecule has 3 aromatic rings. The number of hydrogen-bond acceptors (Lipinski definition) is 5. The summed E-state index contributed by atoms with van der Waals surface area (Å²) in [6, 6.07) is 18.5. The molecule has 1 heterocycles. The number of amides is 2. The molecule has 7 heteroatoms. The van der Waals surface area contributed by atoms with Gasteiger partial charge in [-0.25, -0.2) is 9.78 Å². The van der Waals surface area contributed by atoms with E-state index < -0.39 is 0 Å². The second-order valence-corrected chi connectivity index (χ2v) is 6.68. The first kappa shape index (κ1) is 18.1. The Morgan fingerprint density at radius 3 is 2.50 bits per heavy atom. The standard InChI is InChI=1S/C19H20N4O2S/c20-16(13-25-12-14-7-3-1-4-8-14)17-11-21-19(26-17)23-18(24)22-15-9-5-2-6-10-15/h1-11,16H,12-13,20H2,(H2,21,22,23,24). The van der Waals surface area contributed by atoms with Crippen molar-refractivity contribution in [3.63, 3.8) is 0 Å². The molecular weight excluding hydrogens is 348 g/mol. The van der Waals surface area contributed by atoms with Gasteiger partial charge in [-0.3, -0.25) is 5.32 Å². The molecule has 1 unspecified atom stereocenters. The van der Waals surface area contributed by atoms with Crippen LogP contribution < -0.4 is 16.4 Å². The Hall–Kier alpha value is -2.74. The van der Waals surface area contributed by atoms with Crippen molar-refractivity contribution in [2.45, 2.75) is 12.6 Å². The van der Waals surface area contributed by atoms with Gasteiger partial charge in [0.25, 0.3) is 0 Å². The van der Waals surface area contributed by atoms with Crippen LogP contribution in [0, 0.1) is 0 Å². The number of urea groups is 1. The van der Waals surface area contributed by atoms with E-state index in [-0.39, 0.29) is 12.1 Å². The van der Waals surface area contributed by atoms with Gasteiger partial charge in [-0.2, -0.15) is 0 Å². The summed E-state index contributed by atoms with van der Waals surface area (Å²) in [5, 5.41) is 5.94. The minimum Gasteiger partial charge on any atom is -0.375 e. The largest absolute Gasteiger partial charge is 0.375 e. The zero-order chi connectivity index (χ0) is 18.2. The fourth-order valence-corrected chi connectivity index (χ4v) is 3.05. The van der Waals surface area contributed by atoms with Gasteiger partial charge in [0.1, 0.15) is 0 Å². The molecule has 1 atom stereocenters. The van der Waals surface area contributed by atoms with Gasteiger partial charge in [-0.1, -0.05) is 59.9 Å². The van der Waals surface area contributed by atoms with Crippen LogP contribution in [-0.2, 0) is 11.3 Å². The Morgan fingerprint density at radius 2 is 1.77 bits per heavy atom. The van der Waals surface area contributed by atoms with Crippen LogP contribution in [-0.4, -0.2) is 17.6 Å². The first-order chi connectivity index (χ1) is 12.7. The number of ether oxygens (including phenoxy) is 1. The summed E-state index contributed by atoms with van der Waals surface area (Å²) < 4.78 is 5.66. The van der Waals surface area contributed by atoms with Gasteiger partial charge >= 0.3 is 6.03 Å². The number of hydrogen-bond donors (Lipinski definition) is 3. The molecule has 0 bridgehead atoms. The minimum absolute atomic E-state index is 0.288. The van der Waals surface area contributed by atoms with E-state index in [0.29, 0.717) is 24.0 Å².